The smallest absolute Gasteiger partial charge is 0.253 e. The molecule has 1 saturated heterocycles. The summed E-state index contributed by atoms with van der Waals surface area (Å²) in [5, 5.41) is 2.92. The Labute approximate surface area is 147 Å². The zero-order valence-corrected chi connectivity index (χ0v) is 14.4. The second kappa shape index (κ2) is 8.46. The van der Waals surface area contributed by atoms with Crippen molar-refractivity contribution in [3.05, 3.63) is 54.1 Å². The molecule has 0 unspecified atom stereocenters. The van der Waals surface area contributed by atoms with Gasteiger partial charge in [-0.15, -0.1) is 0 Å². The summed E-state index contributed by atoms with van der Waals surface area (Å²) in [5.41, 5.74) is 1.72. The average Bonchev–Trinajstić information content (AvgIpc) is 3.33. The number of nitrogens with zero attached hydrogens (tertiary/aromatic N) is 3. The van der Waals surface area contributed by atoms with E-state index in [2.05, 4.69) is 10.3 Å². The highest BCUT2D eigenvalue weighted by Crippen LogP contribution is 2.13. The van der Waals surface area contributed by atoms with Gasteiger partial charge in [0.15, 0.2) is 0 Å². The van der Waals surface area contributed by atoms with E-state index in [1.54, 1.807) is 12.5 Å². The van der Waals surface area contributed by atoms with Gasteiger partial charge < -0.3 is 14.8 Å². The summed E-state index contributed by atoms with van der Waals surface area (Å²) < 4.78 is 1.96. The first-order valence-electron chi connectivity index (χ1n) is 8.83. The third-order valence-electron chi connectivity index (χ3n) is 4.46. The van der Waals surface area contributed by atoms with Crippen LogP contribution < -0.4 is 5.32 Å². The molecule has 3 rings (SSSR count). The molecule has 6 heteroatoms. The highest BCUT2D eigenvalue weighted by molar-refractivity contribution is 5.94. The van der Waals surface area contributed by atoms with Crippen molar-refractivity contribution >= 4 is 11.8 Å². The number of aryl methyl sites for hydroxylation is 1. The molecule has 132 valence electrons. The Hall–Kier alpha value is -2.63. The first-order chi connectivity index (χ1) is 12.2. The van der Waals surface area contributed by atoms with Gasteiger partial charge >= 0.3 is 0 Å². The van der Waals surface area contributed by atoms with Crippen LogP contribution in [-0.2, 0) is 17.9 Å². The molecular formula is C19H24N4O2. The van der Waals surface area contributed by atoms with Crippen LogP contribution in [0.2, 0.25) is 0 Å². The average molecular weight is 340 g/mol. The van der Waals surface area contributed by atoms with Gasteiger partial charge in [-0.1, -0.05) is 12.1 Å². The lowest BCUT2D eigenvalue weighted by atomic mass is 10.1. The van der Waals surface area contributed by atoms with Crippen molar-refractivity contribution in [2.75, 3.05) is 13.1 Å². The van der Waals surface area contributed by atoms with Gasteiger partial charge in [-0.2, -0.15) is 0 Å². The molecule has 0 spiro atoms. The molecule has 25 heavy (non-hydrogen) atoms. The number of aromatic nitrogens is 2. The summed E-state index contributed by atoms with van der Waals surface area (Å²) in [4.78, 5) is 30.1. The Bertz CT molecular complexity index is 689. The maximum Gasteiger partial charge on any atom is 0.253 e. The molecular weight excluding hydrogens is 316 g/mol. The van der Waals surface area contributed by atoms with Crippen molar-refractivity contribution in [1.82, 2.24) is 19.8 Å². The number of imidazole rings is 1. The van der Waals surface area contributed by atoms with Gasteiger partial charge in [0.05, 0.1) is 6.33 Å². The van der Waals surface area contributed by atoms with E-state index in [1.807, 2.05) is 39.9 Å². The summed E-state index contributed by atoms with van der Waals surface area (Å²) in [6.45, 7) is 2.99. The molecule has 0 atom stereocenters. The van der Waals surface area contributed by atoms with E-state index in [-0.39, 0.29) is 11.8 Å². The number of amides is 2. The van der Waals surface area contributed by atoms with Crippen molar-refractivity contribution in [2.45, 2.75) is 38.8 Å². The van der Waals surface area contributed by atoms with Crippen LogP contribution >= 0.6 is 0 Å². The summed E-state index contributed by atoms with van der Waals surface area (Å²) in [7, 11) is 0. The molecule has 1 fully saturated rings. The monoisotopic (exact) mass is 340 g/mol. The molecule has 6 nitrogen and oxygen atoms in total. The van der Waals surface area contributed by atoms with Crippen molar-refractivity contribution < 1.29 is 9.59 Å². The summed E-state index contributed by atoms with van der Waals surface area (Å²) in [6, 6.07) is 7.52. The van der Waals surface area contributed by atoms with Crippen molar-refractivity contribution in [3.63, 3.8) is 0 Å². The quantitative estimate of drug-likeness (QED) is 0.840. The molecule has 1 aliphatic heterocycles. The van der Waals surface area contributed by atoms with E-state index in [9.17, 15) is 9.59 Å². The molecule has 0 aliphatic carbocycles. The highest BCUT2D eigenvalue weighted by atomic mass is 16.2. The number of carbonyl (C=O) groups is 2. The SMILES string of the molecule is O=C(CCCn1ccnc1)NCc1ccc(C(=O)N2CCCC2)cc1. The minimum atomic E-state index is 0.0392. The van der Waals surface area contributed by atoms with Gasteiger partial charge in [0.1, 0.15) is 0 Å². The van der Waals surface area contributed by atoms with Crippen LogP contribution in [0.15, 0.2) is 43.0 Å². The number of nitrogens with one attached hydrogen (secondary N) is 1. The van der Waals surface area contributed by atoms with Crippen LogP contribution in [0.5, 0.6) is 0 Å². The van der Waals surface area contributed by atoms with Gasteiger partial charge in [-0.25, -0.2) is 4.98 Å². The predicted octanol–water partition coefficient (Wildman–Crippen LogP) is 2.22. The Balaban J connectivity index is 1.40. The summed E-state index contributed by atoms with van der Waals surface area (Å²) >= 11 is 0. The maximum absolute atomic E-state index is 12.3. The van der Waals surface area contributed by atoms with E-state index >= 15 is 0 Å². The molecule has 1 aliphatic rings. The van der Waals surface area contributed by atoms with E-state index in [0.717, 1.165) is 50.0 Å². The number of likely N-dealkylation sites (tertiary alicyclic amines) is 1. The zero-order chi connectivity index (χ0) is 17.5. The molecule has 0 radical (unpaired) electrons. The Morgan fingerprint density at radius 2 is 1.88 bits per heavy atom. The van der Waals surface area contributed by atoms with Crippen LogP contribution in [0.1, 0.15) is 41.6 Å². The minimum Gasteiger partial charge on any atom is -0.352 e. The largest absolute Gasteiger partial charge is 0.352 e. The molecule has 1 N–H and O–H groups in total. The van der Waals surface area contributed by atoms with Gasteiger partial charge in [-0.3, -0.25) is 9.59 Å². The van der Waals surface area contributed by atoms with Crippen LogP contribution in [0.4, 0.5) is 0 Å². The van der Waals surface area contributed by atoms with E-state index in [4.69, 9.17) is 0 Å². The summed E-state index contributed by atoms with van der Waals surface area (Å²) in [6.07, 6.45) is 8.84. The highest BCUT2D eigenvalue weighted by Gasteiger charge is 2.19. The van der Waals surface area contributed by atoms with Crippen LogP contribution in [0.25, 0.3) is 0 Å². The van der Waals surface area contributed by atoms with Gasteiger partial charge in [-0.05, 0) is 37.0 Å². The number of hydrogen-bond donors (Lipinski definition) is 1. The molecule has 2 aromatic rings. The predicted molar refractivity (Wildman–Crippen MR) is 94.9 cm³/mol. The lowest BCUT2D eigenvalue weighted by Crippen LogP contribution is -2.27. The number of carbonyl (C=O) groups excluding carboxylic acids is 2. The number of hydrogen-bond acceptors (Lipinski definition) is 3. The zero-order valence-electron chi connectivity index (χ0n) is 14.4. The van der Waals surface area contributed by atoms with Gasteiger partial charge in [0.25, 0.3) is 5.91 Å². The first-order valence-corrected chi connectivity index (χ1v) is 8.83. The fourth-order valence-electron chi connectivity index (χ4n) is 3.00. The van der Waals surface area contributed by atoms with Crippen LogP contribution in [0, 0.1) is 0 Å². The lowest BCUT2D eigenvalue weighted by Gasteiger charge is -2.15. The fourth-order valence-corrected chi connectivity index (χ4v) is 3.00. The van der Waals surface area contributed by atoms with E-state index < -0.39 is 0 Å². The fraction of sp³-hybridized carbons (Fsp3) is 0.421. The Morgan fingerprint density at radius 1 is 1.12 bits per heavy atom. The second-order valence-corrected chi connectivity index (χ2v) is 6.38. The molecule has 2 amide bonds. The first kappa shape index (κ1) is 17.2. The molecule has 1 aromatic heterocycles. The molecule has 1 aromatic carbocycles. The maximum atomic E-state index is 12.3. The third kappa shape index (κ3) is 4.92. The van der Waals surface area contributed by atoms with Gasteiger partial charge in [0.2, 0.25) is 5.91 Å². The van der Waals surface area contributed by atoms with Crippen molar-refractivity contribution in [1.29, 1.82) is 0 Å². The number of benzene rings is 1. The Morgan fingerprint density at radius 3 is 2.56 bits per heavy atom. The topological polar surface area (TPSA) is 67.2 Å². The van der Waals surface area contributed by atoms with E-state index in [1.165, 1.54) is 0 Å². The van der Waals surface area contributed by atoms with Crippen LogP contribution in [0.3, 0.4) is 0 Å². The molecule has 0 bridgehead atoms. The van der Waals surface area contributed by atoms with E-state index in [0.29, 0.717) is 13.0 Å². The van der Waals surface area contributed by atoms with Crippen molar-refractivity contribution in [2.24, 2.45) is 0 Å². The standard InChI is InChI=1S/C19H24N4O2/c24-18(4-3-10-22-13-9-20-15-22)21-14-16-5-7-17(8-6-16)19(25)23-11-1-2-12-23/h5-9,13,15H,1-4,10-12,14H2,(H,21,24). The lowest BCUT2D eigenvalue weighted by molar-refractivity contribution is -0.121. The third-order valence-corrected chi connectivity index (χ3v) is 4.46. The van der Waals surface area contributed by atoms with Crippen LogP contribution in [-0.4, -0.2) is 39.4 Å². The second-order valence-electron chi connectivity index (χ2n) is 6.38. The Kier molecular flexibility index (Phi) is 5.82. The molecule has 2 heterocycles. The van der Waals surface area contributed by atoms with Crippen molar-refractivity contribution in [3.8, 4) is 0 Å². The normalized spacial score (nSPS) is 13.8. The number of rotatable bonds is 7. The summed E-state index contributed by atoms with van der Waals surface area (Å²) in [5.74, 6) is 0.143. The minimum absolute atomic E-state index is 0.0392. The molecule has 0 saturated carbocycles. The van der Waals surface area contributed by atoms with Gasteiger partial charge in [0, 0.05) is 50.6 Å².